The highest BCUT2D eigenvalue weighted by Crippen LogP contribution is 2.58. The number of piperidine rings is 1. The van der Waals surface area contributed by atoms with Gasteiger partial charge in [0.05, 0.1) is 0 Å². The summed E-state index contributed by atoms with van der Waals surface area (Å²) in [6, 6.07) is 6.74. The van der Waals surface area contributed by atoms with Crippen LogP contribution in [-0.2, 0) is 11.2 Å². The number of carbonyl (C=O) groups excluding carboxylic acids is 1. The Hall–Kier alpha value is -1.13. The van der Waals surface area contributed by atoms with Gasteiger partial charge in [-0.25, -0.2) is 4.39 Å². The van der Waals surface area contributed by atoms with E-state index in [2.05, 4.69) is 10.6 Å². The zero-order chi connectivity index (χ0) is 14.0. The summed E-state index contributed by atoms with van der Waals surface area (Å²) in [6.07, 6.45) is 3.80. The lowest BCUT2D eigenvalue weighted by Crippen LogP contribution is -2.34. The zero-order valence-electron chi connectivity index (χ0n) is 12.0. The number of hydrogen-bond donors (Lipinski definition) is 2. The fourth-order valence-electron chi connectivity index (χ4n) is 3.34. The van der Waals surface area contributed by atoms with Crippen molar-refractivity contribution >= 4 is 18.3 Å². The summed E-state index contributed by atoms with van der Waals surface area (Å²) < 4.78 is 13.5. The third-order valence-electron chi connectivity index (χ3n) is 4.76. The molecule has 1 amide bonds. The molecule has 3 nitrogen and oxygen atoms in total. The fraction of sp³-hybridized carbons (Fsp3) is 0.562. The first-order chi connectivity index (χ1) is 9.71. The van der Waals surface area contributed by atoms with Crippen molar-refractivity contribution in [3.8, 4) is 0 Å². The molecule has 1 aliphatic heterocycles. The van der Waals surface area contributed by atoms with E-state index < -0.39 is 0 Å². The molecule has 1 aliphatic carbocycles. The standard InChI is InChI=1S/C16H21FN2O.ClH/c17-14-4-2-1-3-12(14)5-8-19-15(20)13-11-16(13)6-9-18-10-7-16;/h1-4,13,18H,5-11H2,(H,19,20);1H. The van der Waals surface area contributed by atoms with Crippen molar-refractivity contribution in [1.29, 1.82) is 0 Å². The molecule has 1 atom stereocenters. The van der Waals surface area contributed by atoms with E-state index in [-0.39, 0.29) is 35.5 Å². The summed E-state index contributed by atoms with van der Waals surface area (Å²) >= 11 is 0. The maximum absolute atomic E-state index is 13.5. The van der Waals surface area contributed by atoms with Crippen LogP contribution in [0, 0.1) is 17.2 Å². The van der Waals surface area contributed by atoms with Gasteiger partial charge in [0, 0.05) is 12.5 Å². The molecule has 2 N–H and O–H groups in total. The fourth-order valence-corrected chi connectivity index (χ4v) is 3.34. The molecule has 1 unspecified atom stereocenters. The molecule has 1 saturated carbocycles. The van der Waals surface area contributed by atoms with E-state index in [1.165, 1.54) is 6.07 Å². The first kappa shape index (κ1) is 16.2. The van der Waals surface area contributed by atoms with Gasteiger partial charge in [0.1, 0.15) is 5.82 Å². The van der Waals surface area contributed by atoms with Crippen LogP contribution in [0.15, 0.2) is 24.3 Å². The predicted octanol–water partition coefficient (Wildman–Crippen LogP) is 2.30. The van der Waals surface area contributed by atoms with Crippen LogP contribution in [-0.4, -0.2) is 25.5 Å². The number of amides is 1. The van der Waals surface area contributed by atoms with Crippen LogP contribution in [0.4, 0.5) is 4.39 Å². The van der Waals surface area contributed by atoms with Crippen molar-refractivity contribution in [3.63, 3.8) is 0 Å². The second-order valence-corrected chi connectivity index (χ2v) is 6.00. The molecule has 1 saturated heterocycles. The molecule has 0 bridgehead atoms. The lowest BCUT2D eigenvalue weighted by atomic mass is 9.92. The van der Waals surface area contributed by atoms with Crippen molar-refractivity contribution in [1.82, 2.24) is 10.6 Å². The Bertz CT molecular complexity index is 503. The highest BCUT2D eigenvalue weighted by atomic mass is 35.5. The second kappa shape index (κ2) is 6.75. The Morgan fingerprint density at radius 1 is 1.33 bits per heavy atom. The first-order valence-electron chi connectivity index (χ1n) is 7.43. The Kier molecular flexibility index (Phi) is 5.22. The average molecular weight is 313 g/mol. The van der Waals surface area contributed by atoms with E-state index in [4.69, 9.17) is 0 Å². The Balaban J connectivity index is 0.00000161. The largest absolute Gasteiger partial charge is 0.356 e. The van der Waals surface area contributed by atoms with Crippen LogP contribution in [0.5, 0.6) is 0 Å². The molecular formula is C16H22ClFN2O. The lowest BCUT2D eigenvalue weighted by Gasteiger charge is -2.23. The number of halogens is 2. The maximum Gasteiger partial charge on any atom is 0.223 e. The van der Waals surface area contributed by atoms with E-state index >= 15 is 0 Å². The van der Waals surface area contributed by atoms with E-state index in [1.807, 2.05) is 6.07 Å². The third-order valence-corrected chi connectivity index (χ3v) is 4.76. The Labute approximate surface area is 131 Å². The summed E-state index contributed by atoms with van der Waals surface area (Å²) in [4.78, 5) is 12.1. The second-order valence-electron chi connectivity index (χ2n) is 6.00. The highest BCUT2D eigenvalue weighted by molar-refractivity contribution is 5.85. The van der Waals surface area contributed by atoms with Crippen molar-refractivity contribution in [2.75, 3.05) is 19.6 Å². The smallest absolute Gasteiger partial charge is 0.223 e. The molecule has 3 rings (SSSR count). The highest BCUT2D eigenvalue weighted by Gasteiger charge is 2.57. The van der Waals surface area contributed by atoms with Gasteiger partial charge in [-0.1, -0.05) is 18.2 Å². The van der Waals surface area contributed by atoms with Gasteiger partial charge in [-0.15, -0.1) is 12.4 Å². The molecule has 2 fully saturated rings. The minimum atomic E-state index is -0.192. The minimum absolute atomic E-state index is 0. The molecule has 1 heterocycles. The van der Waals surface area contributed by atoms with Crippen molar-refractivity contribution in [3.05, 3.63) is 35.6 Å². The first-order valence-corrected chi connectivity index (χ1v) is 7.43. The SMILES string of the molecule is Cl.O=C(NCCc1ccccc1F)C1CC12CCNCC2. The Morgan fingerprint density at radius 3 is 2.76 bits per heavy atom. The summed E-state index contributed by atoms with van der Waals surface area (Å²) in [5.74, 6) is 0.149. The molecule has 1 aromatic rings. The van der Waals surface area contributed by atoms with Crippen LogP contribution in [0.3, 0.4) is 0 Å². The predicted molar refractivity (Wildman–Crippen MR) is 83.0 cm³/mol. The summed E-state index contributed by atoms with van der Waals surface area (Å²) in [6.45, 7) is 2.57. The molecule has 1 spiro atoms. The van der Waals surface area contributed by atoms with Crippen LogP contribution < -0.4 is 10.6 Å². The van der Waals surface area contributed by atoms with Crippen molar-refractivity contribution in [2.24, 2.45) is 11.3 Å². The minimum Gasteiger partial charge on any atom is -0.356 e. The van der Waals surface area contributed by atoms with Gasteiger partial charge in [-0.05, 0) is 55.8 Å². The van der Waals surface area contributed by atoms with Crippen LogP contribution in [0.1, 0.15) is 24.8 Å². The number of carbonyl (C=O) groups is 1. The monoisotopic (exact) mass is 312 g/mol. The maximum atomic E-state index is 13.5. The topological polar surface area (TPSA) is 41.1 Å². The molecule has 2 aliphatic rings. The summed E-state index contributed by atoms with van der Waals surface area (Å²) in [5, 5.41) is 6.30. The molecular weight excluding hydrogens is 291 g/mol. The van der Waals surface area contributed by atoms with E-state index in [1.54, 1.807) is 12.1 Å². The average Bonchev–Trinajstić information content (AvgIpc) is 3.15. The summed E-state index contributed by atoms with van der Waals surface area (Å²) in [5.41, 5.74) is 0.938. The van der Waals surface area contributed by atoms with Gasteiger partial charge in [-0.2, -0.15) is 0 Å². The van der Waals surface area contributed by atoms with Gasteiger partial charge >= 0.3 is 0 Å². The van der Waals surface area contributed by atoms with E-state index in [0.717, 1.165) is 32.4 Å². The van der Waals surface area contributed by atoms with Gasteiger partial charge in [0.15, 0.2) is 0 Å². The molecule has 21 heavy (non-hydrogen) atoms. The number of benzene rings is 1. The zero-order valence-corrected chi connectivity index (χ0v) is 12.8. The molecule has 1 aromatic carbocycles. The van der Waals surface area contributed by atoms with Crippen molar-refractivity contribution < 1.29 is 9.18 Å². The van der Waals surface area contributed by atoms with Crippen LogP contribution in [0.25, 0.3) is 0 Å². The van der Waals surface area contributed by atoms with Gasteiger partial charge in [-0.3, -0.25) is 4.79 Å². The summed E-state index contributed by atoms with van der Waals surface area (Å²) in [7, 11) is 0. The molecule has 0 radical (unpaired) electrons. The molecule has 116 valence electrons. The number of nitrogens with one attached hydrogen (secondary N) is 2. The van der Waals surface area contributed by atoms with Gasteiger partial charge in [0.25, 0.3) is 0 Å². The normalized spacial score (nSPS) is 22.4. The number of hydrogen-bond acceptors (Lipinski definition) is 2. The molecule has 5 heteroatoms. The quantitative estimate of drug-likeness (QED) is 0.895. The third kappa shape index (κ3) is 3.55. The number of rotatable bonds is 4. The van der Waals surface area contributed by atoms with Gasteiger partial charge < -0.3 is 10.6 Å². The van der Waals surface area contributed by atoms with Crippen molar-refractivity contribution in [2.45, 2.75) is 25.7 Å². The molecule has 0 aromatic heterocycles. The van der Waals surface area contributed by atoms with E-state index in [9.17, 15) is 9.18 Å². The van der Waals surface area contributed by atoms with Crippen LogP contribution in [0.2, 0.25) is 0 Å². The lowest BCUT2D eigenvalue weighted by molar-refractivity contribution is -0.123. The van der Waals surface area contributed by atoms with Gasteiger partial charge in [0.2, 0.25) is 5.91 Å². The Morgan fingerprint density at radius 2 is 2.05 bits per heavy atom. The van der Waals surface area contributed by atoms with E-state index in [0.29, 0.717) is 18.5 Å². The van der Waals surface area contributed by atoms with Crippen LogP contribution >= 0.6 is 12.4 Å².